The highest BCUT2D eigenvalue weighted by Gasteiger charge is 2.31. The third-order valence-corrected chi connectivity index (χ3v) is 6.36. The van der Waals surface area contributed by atoms with Crippen molar-refractivity contribution in [2.45, 2.75) is 24.3 Å². The monoisotopic (exact) mass is 412 g/mol. The second kappa shape index (κ2) is 7.10. The van der Waals surface area contributed by atoms with E-state index < -0.39 is 9.84 Å². The first-order valence-electron chi connectivity index (χ1n) is 8.03. The predicted octanol–water partition coefficient (Wildman–Crippen LogP) is 4.55. The number of anilines is 1. The van der Waals surface area contributed by atoms with Crippen LogP contribution in [0.25, 0.3) is 0 Å². The number of hydrogen-bond acceptors (Lipinski definition) is 3. The Morgan fingerprint density at radius 3 is 2.38 bits per heavy atom. The van der Waals surface area contributed by atoms with E-state index in [0.717, 1.165) is 11.1 Å². The molecule has 1 heterocycles. The number of amides is 2. The van der Waals surface area contributed by atoms with Crippen molar-refractivity contribution >= 4 is 44.8 Å². The summed E-state index contributed by atoms with van der Waals surface area (Å²) in [5.74, 6) is 0. The van der Waals surface area contributed by atoms with Crippen LogP contribution in [0, 0.1) is 0 Å². The normalized spacial score (nSPS) is 16.9. The SMILES string of the molecule is CC1c2cccc(S(C)(=O)=O)c2CCN1C(=O)Nc1c(Cl)cccc1Cl. The molecule has 1 aliphatic heterocycles. The molecule has 0 saturated heterocycles. The number of rotatable bonds is 2. The Bertz CT molecular complexity index is 956. The first-order chi connectivity index (χ1) is 12.2. The van der Waals surface area contributed by atoms with E-state index in [1.807, 2.05) is 13.0 Å². The maximum atomic E-state index is 12.8. The highest BCUT2D eigenvalue weighted by Crippen LogP contribution is 2.35. The molecule has 0 aliphatic carbocycles. The molecule has 8 heteroatoms. The lowest BCUT2D eigenvalue weighted by Gasteiger charge is -2.36. The molecule has 2 aromatic carbocycles. The second-order valence-corrected chi connectivity index (χ2v) is 9.04. The standard InChI is InChI=1S/C18H18Cl2N2O3S/c1-11-12-5-3-8-16(26(2,24)25)13(12)9-10-22(11)18(23)21-17-14(19)6-4-7-15(17)20/h3-8,11H,9-10H2,1-2H3,(H,21,23). The number of fused-ring (bicyclic) bond motifs is 1. The van der Waals surface area contributed by atoms with Gasteiger partial charge < -0.3 is 10.2 Å². The van der Waals surface area contributed by atoms with Crippen LogP contribution in [0.4, 0.5) is 10.5 Å². The van der Waals surface area contributed by atoms with Crippen LogP contribution in [0.1, 0.15) is 24.1 Å². The molecule has 5 nitrogen and oxygen atoms in total. The Kier molecular flexibility index (Phi) is 5.19. The van der Waals surface area contributed by atoms with Crippen LogP contribution in [-0.4, -0.2) is 32.1 Å². The van der Waals surface area contributed by atoms with Gasteiger partial charge in [-0.3, -0.25) is 0 Å². The van der Waals surface area contributed by atoms with Crippen LogP contribution in [-0.2, 0) is 16.3 Å². The number of para-hydroxylation sites is 1. The minimum atomic E-state index is -3.32. The number of hydrogen-bond donors (Lipinski definition) is 1. The second-order valence-electron chi connectivity index (χ2n) is 6.24. The smallest absolute Gasteiger partial charge is 0.317 e. The molecule has 2 amide bonds. The largest absolute Gasteiger partial charge is 0.322 e. The molecular formula is C18H18Cl2N2O3S. The maximum absolute atomic E-state index is 12.8. The van der Waals surface area contributed by atoms with Crippen LogP contribution in [0.2, 0.25) is 10.0 Å². The van der Waals surface area contributed by atoms with Crippen molar-refractivity contribution in [1.29, 1.82) is 0 Å². The van der Waals surface area contributed by atoms with Gasteiger partial charge >= 0.3 is 6.03 Å². The van der Waals surface area contributed by atoms with E-state index >= 15 is 0 Å². The van der Waals surface area contributed by atoms with Crippen LogP contribution in [0.15, 0.2) is 41.3 Å². The Balaban J connectivity index is 1.90. The summed E-state index contributed by atoms with van der Waals surface area (Å²) in [6.45, 7) is 2.27. The molecule has 1 aliphatic rings. The average Bonchev–Trinajstić information content (AvgIpc) is 2.57. The molecular weight excluding hydrogens is 395 g/mol. The number of carbonyl (C=O) groups excluding carboxylic acids is 1. The van der Waals surface area contributed by atoms with Crippen molar-refractivity contribution in [1.82, 2.24) is 4.90 Å². The van der Waals surface area contributed by atoms with Crippen molar-refractivity contribution in [2.24, 2.45) is 0 Å². The Morgan fingerprint density at radius 1 is 1.15 bits per heavy atom. The minimum Gasteiger partial charge on any atom is -0.317 e. The van der Waals surface area contributed by atoms with Gasteiger partial charge in [0, 0.05) is 12.8 Å². The van der Waals surface area contributed by atoms with E-state index in [9.17, 15) is 13.2 Å². The van der Waals surface area contributed by atoms with Gasteiger partial charge in [0.05, 0.1) is 26.7 Å². The molecule has 0 radical (unpaired) electrons. The Labute approximate surface area is 162 Å². The highest BCUT2D eigenvalue weighted by atomic mass is 35.5. The minimum absolute atomic E-state index is 0.276. The summed E-state index contributed by atoms with van der Waals surface area (Å²) in [4.78, 5) is 14.7. The Hall–Kier alpha value is -1.76. The zero-order valence-corrected chi connectivity index (χ0v) is 16.6. The van der Waals surface area contributed by atoms with Gasteiger partial charge in [-0.25, -0.2) is 13.2 Å². The number of benzene rings is 2. The molecule has 0 spiro atoms. The van der Waals surface area contributed by atoms with E-state index in [4.69, 9.17) is 23.2 Å². The number of carbonyl (C=O) groups is 1. The molecule has 2 aromatic rings. The molecule has 1 N–H and O–H groups in total. The zero-order chi connectivity index (χ0) is 19.1. The molecule has 0 fully saturated rings. The van der Waals surface area contributed by atoms with Gasteiger partial charge in [-0.05, 0) is 42.7 Å². The van der Waals surface area contributed by atoms with Crippen molar-refractivity contribution in [3.63, 3.8) is 0 Å². The molecule has 26 heavy (non-hydrogen) atoms. The van der Waals surface area contributed by atoms with Crippen molar-refractivity contribution in [2.75, 3.05) is 18.1 Å². The fraction of sp³-hybridized carbons (Fsp3) is 0.278. The fourth-order valence-corrected chi connectivity index (χ4v) is 4.74. The Morgan fingerprint density at radius 2 is 1.77 bits per heavy atom. The van der Waals surface area contributed by atoms with Crippen LogP contribution < -0.4 is 5.32 Å². The number of nitrogens with one attached hydrogen (secondary N) is 1. The molecule has 1 atom stereocenters. The van der Waals surface area contributed by atoms with Gasteiger partial charge in [0.15, 0.2) is 9.84 Å². The first-order valence-corrected chi connectivity index (χ1v) is 10.7. The number of urea groups is 1. The maximum Gasteiger partial charge on any atom is 0.322 e. The zero-order valence-electron chi connectivity index (χ0n) is 14.3. The van der Waals surface area contributed by atoms with E-state index in [0.29, 0.717) is 33.6 Å². The summed E-state index contributed by atoms with van der Waals surface area (Å²) in [5.41, 5.74) is 1.98. The summed E-state index contributed by atoms with van der Waals surface area (Å²) < 4.78 is 24.0. The summed E-state index contributed by atoms with van der Waals surface area (Å²) in [7, 11) is -3.32. The summed E-state index contributed by atoms with van der Waals surface area (Å²) in [6.07, 6.45) is 1.67. The summed E-state index contributed by atoms with van der Waals surface area (Å²) in [6, 6.07) is 9.57. The molecule has 0 saturated carbocycles. The molecule has 0 bridgehead atoms. The van der Waals surface area contributed by atoms with Gasteiger partial charge in [-0.1, -0.05) is 41.4 Å². The molecule has 3 rings (SSSR count). The molecule has 138 valence electrons. The predicted molar refractivity (Wildman–Crippen MR) is 104 cm³/mol. The average molecular weight is 413 g/mol. The van der Waals surface area contributed by atoms with Gasteiger partial charge in [0.25, 0.3) is 0 Å². The van der Waals surface area contributed by atoms with Crippen molar-refractivity contribution in [3.8, 4) is 0 Å². The van der Waals surface area contributed by atoms with Gasteiger partial charge in [0.2, 0.25) is 0 Å². The topological polar surface area (TPSA) is 66.5 Å². The number of nitrogens with zero attached hydrogens (tertiary/aromatic N) is 1. The van der Waals surface area contributed by atoms with Crippen molar-refractivity contribution in [3.05, 3.63) is 57.6 Å². The van der Waals surface area contributed by atoms with Gasteiger partial charge in [0.1, 0.15) is 0 Å². The fourth-order valence-electron chi connectivity index (χ4n) is 3.26. The van der Waals surface area contributed by atoms with Gasteiger partial charge in [-0.2, -0.15) is 0 Å². The van der Waals surface area contributed by atoms with E-state index in [2.05, 4.69) is 5.32 Å². The lowest BCUT2D eigenvalue weighted by Crippen LogP contribution is -2.41. The van der Waals surface area contributed by atoms with E-state index in [1.165, 1.54) is 6.26 Å². The molecule has 0 aromatic heterocycles. The first kappa shape index (κ1) is 19.0. The van der Waals surface area contributed by atoms with E-state index in [-0.39, 0.29) is 12.1 Å². The highest BCUT2D eigenvalue weighted by molar-refractivity contribution is 7.90. The number of sulfone groups is 1. The van der Waals surface area contributed by atoms with Crippen molar-refractivity contribution < 1.29 is 13.2 Å². The van der Waals surface area contributed by atoms with Crippen LogP contribution >= 0.6 is 23.2 Å². The third kappa shape index (κ3) is 3.54. The lowest BCUT2D eigenvalue weighted by molar-refractivity contribution is 0.188. The van der Waals surface area contributed by atoms with Crippen LogP contribution in [0.3, 0.4) is 0 Å². The molecule has 1 unspecified atom stereocenters. The number of halogens is 2. The summed E-state index contributed by atoms with van der Waals surface area (Å²) in [5, 5.41) is 3.47. The lowest BCUT2D eigenvalue weighted by atomic mass is 9.94. The summed E-state index contributed by atoms with van der Waals surface area (Å²) >= 11 is 12.2. The third-order valence-electron chi connectivity index (χ3n) is 4.54. The van der Waals surface area contributed by atoms with Crippen LogP contribution in [0.5, 0.6) is 0 Å². The van der Waals surface area contributed by atoms with Gasteiger partial charge in [-0.15, -0.1) is 0 Å². The van der Waals surface area contributed by atoms with E-state index in [1.54, 1.807) is 35.2 Å². The quantitative estimate of drug-likeness (QED) is 0.786.